The van der Waals surface area contributed by atoms with Crippen molar-refractivity contribution < 1.29 is 0 Å². The van der Waals surface area contributed by atoms with Crippen LogP contribution in [0.4, 0.5) is 0 Å². The fraction of sp³-hybridized carbons (Fsp3) is 0.429. The van der Waals surface area contributed by atoms with E-state index in [0.29, 0.717) is 17.8 Å². The second-order valence-electron chi connectivity index (χ2n) is 4.86. The van der Waals surface area contributed by atoms with Crippen molar-refractivity contribution in [2.24, 2.45) is 5.92 Å². The maximum Gasteiger partial charge on any atom is 0.261 e. The Hall–Kier alpha value is -1.68. The Bertz CT molecular complexity index is 589. The predicted molar refractivity (Wildman–Crippen MR) is 73.7 cm³/mol. The summed E-state index contributed by atoms with van der Waals surface area (Å²) in [7, 11) is 1.92. The first-order valence-electron chi connectivity index (χ1n) is 6.25. The van der Waals surface area contributed by atoms with Crippen LogP contribution in [0.3, 0.4) is 0 Å². The number of hydrogen-bond donors (Lipinski definition) is 1. The Kier molecular flexibility index (Phi) is 3.77. The van der Waals surface area contributed by atoms with Crippen LogP contribution in [0.2, 0.25) is 0 Å². The highest BCUT2D eigenvalue weighted by atomic mass is 16.1. The van der Waals surface area contributed by atoms with E-state index in [0.717, 1.165) is 5.52 Å². The minimum atomic E-state index is 0.0292. The monoisotopic (exact) mass is 245 g/mol. The van der Waals surface area contributed by atoms with Crippen LogP contribution in [0.1, 0.15) is 13.8 Å². The van der Waals surface area contributed by atoms with Gasteiger partial charge in [-0.3, -0.25) is 9.36 Å². The molecule has 0 aliphatic carbocycles. The van der Waals surface area contributed by atoms with E-state index in [1.807, 2.05) is 31.3 Å². The lowest BCUT2D eigenvalue weighted by molar-refractivity contribution is 0.372. The topological polar surface area (TPSA) is 46.9 Å². The SMILES string of the molecule is CNC(Cn1cnc2ccccc2c1=O)C(C)C. The predicted octanol–water partition coefficient (Wildman–Crippen LogP) is 1.64. The standard InChI is InChI=1S/C14H19N3O/c1-10(2)13(15-3)8-17-9-16-12-7-5-4-6-11(12)14(17)18/h4-7,9-10,13,15H,8H2,1-3H3. The lowest BCUT2D eigenvalue weighted by Gasteiger charge is -2.21. The number of likely N-dealkylation sites (N-methyl/N-ethyl adjacent to an activating group) is 1. The zero-order valence-corrected chi connectivity index (χ0v) is 11.1. The van der Waals surface area contributed by atoms with E-state index in [4.69, 9.17) is 0 Å². The third-order valence-corrected chi connectivity index (χ3v) is 3.30. The van der Waals surface area contributed by atoms with Gasteiger partial charge in [0.1, 0.15) is 0 Å². The van der Waals surface area contributed by atoms with Crippen molar-refractivity contribution >= 4 is 10.9 Å². The summed E-state index contributed by atoms with van der Waals surface area (Å²) in [5, 5.41) is 3.92. The van der Waals surface area contributed by atoms with Crippen molar-refractivity contribution in [3.8, 4) is 0 Å². The Morgan fingerprint density at radius 3 is 2.72 bits per heavy atom. The number of nitrogens with zero attached hydrogens (tertiary/aromatic N) is 2. The number of hydrogen-bond acceptors (Lipinski definition) is 3. The molecule has 0 aliphatic rings. The third kappa shape index (κ3) is 2.43. The highest BCUT2D eigenvalue weighted by molar-refractivity contribution is 5.76. The summed E-state index contributed by atoms with van der Waals surface area (Å²) in [4.78, 5) is 16.6. The second kappa shape index (κ2) is 5.31. The Balaban J connectivity index is 2.40. The number of para-hydroxylation sites is 1. The molecule has 1 aromatic heterocycles. The zero-order valence-electron chi connectivity index (χ0n) is 11.1. The van der Waals surface area contributed by atoms with Gasteiger partial charge in [-0.1, -0.05) is 26.0 Å². The normalized spacial score (nSPS) is 13.1. The minimum absolute atomic E-state index is 0.0292. The van der Waals surface area contributed by atoms with Gasteiger partial charge >= 0.3 is 0 Å². The van der Waals surface area contributed by atoms with Gasteiger partial charge in [0, 0.05) is 12.6 Å². The molecule has 18 heavy (non-hydrogen) atoms. The molecular weight excluding hydrogens is 226 g/mol. The zero-order chi connectivity index (χ0) is 13.1. The van der Waals surface area contributed by atoms with Crippen LogP contribution in [0.15, 0.2) is 35.4 Å². The highest BCUT2D eigenvalue weighted by Crippen LogP contribution is 2.07. The molecular formula is C14H19N3O. The minimum Gasteiger partial charge on any atom is -0.315 e. The molecule has 0 spiro atoms. The van der Waals surface area contributed by atoms with Gasteiger partial charge in [0.05, 0.1) is 17.2 Å². The van der Waals surface area contributed by atoms with Crippen molar-refractivity contribution in [1.82, 2.24) is 14.9 Å². The van der Waals surface area contributed by atoms with Crippen LogP contribution < -0.4 is 10.9 Å². The molecule has 0 saturated heterocycles. The van der Waals surface area contributed by atoms with Gasteiger partial charge in [-0.2, -0.15) is 0 Å². The first kappa shape index (κ1) is 12.8. The molecule has 96 valence electrons. The van der Waals surface area contributed by atoms with E-state index in [1.165, 1.54) is 0 Å². The van der Waals surface area contributed by atoms with Crippen molar-refractivity contribution in [2.45, 2.75) is 26.4 Å². The quantitative estimate of drug-likeness (QED) is 0.890. The van der Waals surface area contributed by atoms with Crippen LogP contribution in [0.5, 0.6) is 0 Å². The summed E-state index contributed by atoms with van der Waals surface area (Å²) < 4.78 is 1.68. The maximum absolute atomic E-state index is 12.3. The number of aromatic nitrogens is 2. The number of nitrogens with one attached hydrogen (secondary N) is 1. The van der Waals surface area contributed by atoms with Gasteiger partial charge in [0.15, 0.2) is 0 Å². The molecule has 1 N–H and O–H groups in total. The van der Waals surface area contributed by atoms with Gasteiger partial charge in [-0.15, -0.1) is 0 Å². The molecule has 0 aliphatic heterocycles. The average molecular weight is 245 g/mol. The van der Waals surface area contributed by atoms with Crippen molar-refractivity contribution in [2.75, 3.05) is 7.05 Å². The molecule has 1 heterocycles. The van der Waals surface area contributed by atoms with Gasteiger partial charge in [0.2, 0.25) is 0 Å². The molecule has 0 radical (unpaired) electrons. The molecule has 0 saturated carbocycles. The number of benzene rings is 1. The van der Waals surface area contributed by atoms with Crippen molar-refractivity contribution in [1.29, 1.82) is 0 Å². The summed E-state index contributed by atoms with van der Waals surface area (Å²) in [6.07, 6.45) is 1.64. The summed E-state index contributed by atoms with van der Waals surface area (Å²) in [5.41, 5.74) is 0.783. The maximum atomic E-state index is 12.3. The van der Waals surface area contributed by atoms with E-state index >= 15 is 0 Å². The molecule has 2 aromatic rings. The molecule has 2 rings (SSSR count). The first-order valence-corrected chi connectivity index (χ1v) is 6.25. The second-order valence-corrected chi connectivity index (χ2v) is 4.86. The van der Waals surface area contributed by atoms with Crippen LogP contribution >= 0.6 is 0 Å². The molecule has 1 aromatic carbocycles. The largest absolute Gasteiger partial charge is 0.315 e. The summed E-state index contributed by atoms with van der Waals surface area (Å²) in [6, 6.07) is 7.71. The Morgan fingerprint density at radius 1 is 1.33 bits per heavy atom. The van der Waals surface area contributed by atoms with Gasteiger partial charge in [-0.25, -0.2) is 4.98 Å². The molecule has 1 unspecified atom stereocenters. The van der Waals surface area contributed by atoms with Crippen LogP contribution in [-0.2, 0) is 6.54 Å². The van der Waals surface area contributed by atoms with Crippen LogP contribution in [0.25, 0.3) is 10.9 Å². The van der Waals surface area contributed by atoms with Crippen LogP contribution in [-0.4, -0.2) is 22.6 Å². The summed E-state index contributed by atoms with van der Waals surface area (Å²) in [6.45, 7) is 4.92. The van der Waals surface area contributed by atoms with E-state index in [1.54, 1.807) is 10.9 Å². The van der Waals surface area contributed by atoms with Gasteiger partial charge < -0.3 is 5.32 Å². The molecule has 0 bridgehead atoms. The van der Waals surface area contributed by atoms with E-state index < -0.39 is 0 Å². The summed E-state index contributed by atoms with van der Waals surface area (Å²) in [5.74, 6) is 0.466. The van der Waals surface area contributed by atoms with E-state index in [9.17, 15) is 4.79 Å². The molecule has 1 atom stereocenters. The smallest absolute Gasteiger partial charge is 0.261 e. The fourth-order valence-electron chi connectivity index (χ4n) is 2.08. The fourth-order valence-corrected chi connectivity index (χ4v) is 2.08. The Labute approximate surface area is 107 Å². The highest BCUT2D eigenvalue weighted by Gasteiger charge is 2.13. The number of fused-ring (bicyclic) bond motifs is 1. The lowest BCUT2D eigenvalue weighted by Crippen LogP contribution is -2.38. The Morgan fingerprint density at radius 2 is 2.06 bits per heavy atom. The molecule has 4 nitrogen and oxygen atoms in total. The lowest BCUT2D eigenvalue weighted by atomic mass is 10.0. The average Bonchev–Trinajstić information content (AvgIpc) is 2.38. The molecule has 0 fully saturated rings. The van der Waals surface area contributed by atoms with Crippen molar-refractivity contribution in [3.63, 3.8) is 0 Å². The van der Waals surface area contributed by atoms with Crippen molar-refractivity contribution in [3.05, 3.63) is 40.9 Å². The van der Waals surface area contributed by atoms with Crippen LogP contribution in [0, 0.1) is 5.92 Å². The third-order valence-electron chi connectivity index (χ3n) is 3.30. The number of rotatable bonds is 4. The van der Waals surface area contributed by atoms with E-state index in [2.05, 4.69) is 24.1 Å². The summed E-state index contributed by atoms with van der Waals surface area (Å²) >= 11 is 0. The molecule has 4 heteroatoms. The van der Waals surface area contributed by atoms with E-state index in [-0.39, 0.29) is 11.6 Å². The van der Waals surface area contributed by atoms with Gasteiger partial charge in [0.25, 0.3) is 5.56 Å². The first-order chi connectivity index (χ1) is 8.63. The molecule has 0 amide bonds. The van der Waals surface area contributed by atoms with Gasteiger partial charge in [-0.05, 0) is 25.1 Å².